The first kappa shape index (κ1) is 32.3. The summed E-state index contributed by atoms with van der Waals surface area (Å²) in [7, 11) is -3.49. The molecule has 1 fully saturated rings. The predicted molar refractivity (Wildman–Crippen MR) is 163 cm³/mol. The second kappa shape index (κ2) is 12.9. The molecule has 1 saturated carbocycles. The number of rotatable bonds is 10. The molecule has 1 aliphatic carbocycles. The summed E-state index contributed by atoms with van der Waals surface area (Å²) in [5.74, 6) is -2.07. The van der Waals surface area contributed by atoms with Gasteiger partial charge in [-0.05, 0) is 65.6 Å². The zero-order valence-corrected chi connectivity index (χ0v) is 26.2. The number of halogens is 2. The average molecular weight is 619 g/mol. The molecule has 10 heteroatoms. The van der Waals surface area contributed by atoms with Gasteiger partial charge in [-0.2, -0.15) is 0 Å². The maximum atomic E-state index is 14.0. The van der Waals surface area contributed by atoms with Crippen molar-refractivity contribution in [2.24, 2.45) is 0 Å². The monoisotopic (exact) mass is 618 g/mol. The third kappa shape index (κ3) is 8.03. The summed E-state index contributed by atoms with van der Waals surface area (Å²) >= 11 is 0.831. The van der Waals surface area contributed by atoms with Gasteiger partial charge in [-0.15, -0.1) is 11.3 Å². The Kier molecular flexibility index (Phi) is 9.92. The molecule has 42 heavy (non-hydrogen) atoms. The zero-order valence-electron chi connectivity index (χ0n) is 24.5. The molecule has 3 aromatic rings. The van der Waals surface area contributed by atoms with Crippen LogP contribution in [0, 0.1) is 11.6 Å². The fourth-order valence-electron chi connectivity index (χ4n) is 5.60. The maximum Gasteiger partial charge on any atom is 0.261 e. The van der Waals surface area contributed by atoms with Crippen molar-refractivity contribution in [1.29, 1.82) is 0 Å². The van der Waals surface area contributed by atoms with Crippen molar-refractivity contribution < 1.29 is 27.1 Å². The first-order chi connectivity index (χ1) is 19.7. The van der Waals surface area contributed by atoms with E-state index in [1.165, 1.54) is 29.8 Å². The van der Waals surface area contributed by atoms with Crippen molar-refractivity contribution in [3.05, 3.63) is 87.8 Å². The Morgan fingerprint density at radius 1 is 1.02 bits per heavy atom. The van der Waals surface area contributed by atoms with E-state index >= 15 is 0 Å². The van der Waals surface area contributed by atoms with Crippen molar-refractivity contribution in [1.82, 2.24) is 10.6 Å². The van der Waals surface area contributed by atoms with Crippen LogP contribution in [0.5, 0.6) is 0 Å². The fourth-order valence-corrected chi connectivity index (χ4v) is 7.43. The molecule has 1 heterocycles. The molecule has 3 N–H and O–H groups in total. The summed E-state index contributed by atoms with van der Waals surface area (Å²) in [6.07, 6.45) is 4.91. The topological polar surface area (TPSA) is 95.5 Å². The number of nitrogens with one attached hydrogen (secondary N) is 2. The molecule has 1 aliphatic rings. The number of thiophene rings is 1. The average Bonchev–Trinajstić information content (AvgIpc) is 3.43. The minimum Gasteiger partial charge on any atom is -0.390 e. The van der Waals surface area contributed by atoms with Crippen LogP contribution >= 0.6 is 11.3 Å². The number of hydrogen-bond acceptors (Lipinski definition) is 6. The van der Waals surface area contributed by atoms with Crippen LogP contribution in [0.3, 0.4) is 0 Å². The van der Waals surface area contributed by atoms with Crippen LogP contribution < -0.4 is 10.6 Å². The Hall–Kier alpha value is -2.66. The quantitative estimate of drug-likeness (QED) is 0.264. The predicted octanol–water partition coefficient (Wildman–Crippen LogP) is 5.88. The Balaban J connectivity index is 1.59. The van der Waals surface area contributed by atoms with Gasteiger partial charge in [0.05, 0.1) is 17.0 Å². The van der Waals surface area contributed by atoms with E-state index in [2.05, 4.69) is 55.7 Å². The third-order valence-electron chi connectivity index (χ3n) is 7.97. The van der Waals surface area contributed by atoms with Gasteiger partial charge in [0.15, 0.2) is 9.84 Å². The molecule has 2 unspecified atom stereocenters. The number of aliphatic hydroxyl groups excluding tert-OH is 1. The number of carbonyl (C=O) groups excluding carboxylic acids is 1. The van der Waals surface area contributed by atoms with Gasteiger partial charge in [0.1, 0.15) is 15.8 Å². The minimum atomic E-state index is -3.49. The Bertz CT molecular complexity index is 1490. The van der Waals surface area contributed by atoms with E-state index in [-0.39, 0.29) is 38.6 Å². The van der Waals surface area contributed by atoms with E-state index in [9.17, 15) is 27.1 Å². The molecule has 2 atom stereocenters. The number of amides is 1. The lowest BCUT2D eigenvalue weighted by molar-refractivity contribution is 0.0792. The van der Waals surface area contributed by atoms with Crippen molar-refractivity contribution in [2.45, 2.75) is 86.6 Å². The highest BCUT2D eigenvalue weighted by Crippen LogP contribution is 2.38. The van der Waals surface area contributed by atoms with E-state index in [0.717, 1.165) is 61.3 Å². The number of benzene rings is 2. The molecular formula is C32H40F2N2O4S2. The van der Waals surface area contributed by atoms with E-state index in [1.54, 1.807) is 0 Å². The molecule has 0 saturated heterocycles. The molecule has 1 aromatic heterocycles. The fraction of sp³-hybridized carbons (Fsp3) is 0.469. The molecule has 0 radical (unpaired) electrons. The van der Waals surface area contributed by atoms with Gasteiger partial charge in [-0.3, -0.25) is 4.79 Å². The summed E-state index contributed by atoms with van der Waals surface area (Å²) in [6.45, 7) is 6.64. The number of carbonyl (C=O) groups is 1. The van der Waals surface area contributed by atoms with E-state index in [4.69, 9.17) is 0 Å². The Morgan fingerprint density at radius 3 is 2.29 bits per heavy atom. The van der Waals surface area contributed by atoms with Crippen LogP contribution in [0.25, 0.3) is 0 Å². The van der Waals surface area contributed by atoms with Gasteiger partial charge in [0.25, 0.3) is 5.91 Å². The molecule has 6 nitrogen and oxygen atoms in total. The molecule has 1 amide bonds. The highest BCUT2D eigenvalue weighted by Gasteiger charge is 2.36. The van der Waals surface area contributed by atoms with Crippen molar-refractivity contribution in [3.8, 4) is 0 Å². The number of aliphatic hydroxyl groups is 1. The molecule has 2 aromatic carbocycles. The van der Waals surface area contributed by atoms with Gasteiger partial charge in [0, 0.05) is 24.4 Å². The first-order valence-corrected chi connectivity index (χ1v) is 17.0. The normalized spacial score (nSPS) is 17.0. The van der Waals surface area contributed by atoms with Crippen LogP contribution in [0.4, 0.5) is 8.78 Å². The molecule has 0 spiro atoms. The van der Waals surface area contributed by atoms with Crippen LogP contribution in [-0.2, 0) is 27.2 Å². The second-order valence-electron chi connectivity index (χ2n) is 12.4. The van der Waals surface area contributed by atoms with E-state index < -0.39 is 39.5 Å². The molecular weight excluding hydrogens is 578 g/mol. The van der Waals surface area contributed by atoms with E-state index in [0.29, 0.717) is 0 Å². The van der Waals surface area contributed by atoms with Gasteiger partial charge in [0.2, 0.25) is 0 Å². The molecule has 0 bridgehead atoms. The van der Waals surface area contributed by atoms with Gasteiger partial charge in [-0.25, -0.2) is 17.2 Å². The third-order valence-corrected chi connectivity index (χ3v) is 10.9. The lowest BCUT2D eigenvalue weighted by Crippen LogP contribution is -2.53. The number of hydrogen-bond donors (Lipinski definition) is 3. The lowest BCUT2D eigenvalue weighted by Gasteiger charge is -2.41. The highest BCUT2D eigenvalue weighted by molar-refractivity contribution is 7.92. The summed E-state index contributed by atoms with van der Waals surface area (Å²) in [4.78, 5) is 13.3. The maximum absolute atomic E-state index is 14.0. The number of sulfone groups is 1. The second-order valence-corrected chi connectivity index (χ2v) is 15.7. The van der Waals surface area contributed by atoms with E-state index in [1.807, 2.05) is 0 Å². The standard InChI is InChI=1S/C32H40F2N2O4S2/c1-31(2,3)22-9-8-10-23(18-22)32(13-6-5-7-14-32)35-20-27(37)26(17-21-15-24(33)19-25(34)16-21)36-30(38)28-11-12-29(41-28)42(4,39)40/h8-12,15-16,18-19,26-27,35,37H,5-7,13-14,17,20H2,1-4H3,(H,36,38). The van der Waals surface area contributed by atoms with Crippen LogP contribution in [-0.4, -0.2) is 44.4 Å². The summed E-state index contributed by atoms with van der Waals surface area (Å²) in [5, 5.41) is 17.9. The van der Waals surface area contributed by atoms with Crippen LogP contribution in [0.15, 0.2) is 58.8 Å². The summed E-state index contributed by atoms with van der Waals surface area (Å²) < 4.78 is 51.9. The van der Waals surface area contributed by atoms with Crippen molar-refractivity contribution in [3.63, 3.8) is 0 Å². The smallest absolute Gasteiger partial charge is 0.261 e. The largest absolute Gasteiger partial charge is 0.390 e. The van der Waals surface area contributed by atoms with Crippen molar-refractivity contribution in [2.75, 3.05) is 12.8 Å². The zero-order chi connectivity index (χ0) is 30.7. The van der Waals surface area contributed by atoms with Gasteiger partial charge < -0.3 is 15.7 Å². The van der Waals surface area contributed by atoms with Gasteiger partial charge >= 0.3 is 0 Å². The van der Waals surface area contributed by atoms with Crippen LogP contribution in [0.2, 0.25) is 0 Å². The Labute approximate surface area is 251 Å². The Morgan fingerprint density at radius 2 is 1.69 bits per heavy atom. The molecule has 0 aliphatic heterocycles. The summed E-state index contributed by atoms with van der Waals surface area (Å²) in [6, 6.07) is 13.5. The molecule has 4 rings (SSSR count). The highest BCUT2D eigenvalue weighted by atomic mass is 32.2. The van der Waals surface area contributed by atoms with Gasteiger partial charge in [-0.1, -0.05) is 64.3 Å². The van der Waals surface area contributed by atoms with Crippen molar-refractivity contribution >= 4 is 27.1 Å². The minimum absolute atomic E-state index is 0.0277. The summed E-state index contributed by atoms with van der Waals surface area (Å²) in [5.41, 5.74) is 2.26. The van der Waals surface area contributed by atoms with Crippen LogP contribution in [0.1, 0.15) is 79.2 Å². The lowest BCUT2D eigenvalue weighted by atomic mass is 9.74. The SMILES string of the molecule is CC(C)(C)c1cccc(C2(NCC(O)C(Cc3cc(F)cc(F)c3)NC(=O)c3ccc(S(C)(=O)=O)s3)CCCCC2)c1. The first-order valence-electron chi connectivity index (χ1n) is 14.3. The molecule has 228 valence electrons.